The minimum absolute atomic E-state index is 1.27. The number of fused-ring (bicyclic) bond motifs is 2. The summed E-state index contributed by atoms with van der Waals surface area (Å²) in [4.78, 5) is 0. The van der Waals surface area contributed by atoms with Gasteiger partial charge in [-0.25, -0.2) is 0 Å². The Morgan fingerprint density at radius 3 is 1.21 bits per heavy atom. The first-order valence-corrected chi connectivity index (χ1v) is 11.6. The van der Waals surface area contributed by atoms with Gasteiger partial charge in [-0.3, -0.25) is 0 Å². The molecule has 0 nitrogen and oxygen atoms in total. The van der Waals surface area contributed by atoms with Gasteiger partial charge in [0.2, 0.25) is 0 Å². The van der Waals surface area contributed by atoms with Crippen molar-refractivity contribution in [2.45, 2.75) is 0 Å². The quantitative estimate of drug-likeness (QED) is 0.173. The van der Waals surface area contributed by atoms with E-state index in [0.29, 0.717) is 0 Å². The predicted molar refractivity (Wildman–Crippen MR) is 138 cm³/mol. The molecule has 4 rings (SSSR count). The minimum atomic E-state index is 1.27. The smallest absolute Gasteiger partial charge is 0.0142 e. The van der Waals surface area contributed by atoms with Crippen molar-refractivity contribution in [1.82, 2.24) is 0 Å². The van der Waals surface area contributed by atoms with Gasteiger partial charge in [0.1, 0.15) is 0 Å². The minimum Gasteiger partial charge on any atom is -0.0527 e. The highest BCUT2D eigenvalue weighted by molar-refractivity contribution is 14.1. The molecule has 0 aliphatic heterocycles. The number of hydrogen-bond acceptors (Lipinski definition) is 0. The van der Waals surface area contributed by atoms with Gasteiger partial charge in [-0.05, 0) is 172 Å². The second-order valence-electron chi connectivity index (χ2n) is 5.64. The Hall–Kier alpha value is 0.320. The maximum atomic E-state index is 2.42. The molecular weight excluding hydrogens is 748 g/mol. The van der Waals surface area contributed by atoms with Crippen LogP contribution in [-0.2, 0) is 0 Å². The second-order valence-corrected chi connectivity index (χ2v) is 10.6. The van der Waals surface area contributed by atoms with Crippen molar-refractivity contribution in [3.05, 3.63) is 74.9 Å². The van der Waals surface area contributed by atoms with Crippen LogP contribution in [0.4, 0.5) is 0 Å². The number of benzene rings is 4. The van der Waals surface area contributed by atoms with E-state index in [2.05, 4.69) is 151 Å². The summed E-state index contributed by atoms with van der Waals surface area (Å²) >= 11 is 9.62. The summed E-state index contributed by atoms with van der Waals surface area (Å²) in [7, 11) is 0. The lowest BCUT2D eigenvalue weighted by Gasteiger charge is -2.13. The fraction of sp³-hybridized carbons (Fsp3) is 0. The van der Waals surface area contributed by atoms with Crippen molar-refractivity contribution in [3.63, 3.8) is 0 Å². The van der Waals surface area contributed by atoms with Gasteiger partial charge >= 0.3 is 0 Å². The molecule has 0 saturated carbocycles. The molecule has 0 aromatic heterocycles. The zero-order valence-corrected chi connectivity index (χ0v) is 20.9. The fourth-order valence-corrected chi connectivity index (χ4v) is 5.38. The third-order valence-corrected chi connectivity index (χ3v) is 6.64. The van der Waals surface area contributed by atoms with Crippen LogP contribution in [0.25, 0.3) is 32.7 Å². The number of hydrogen-bond donors (Lipinski definition) is 0. The summed E-state index contributed by atoms with van der Waals surface area (Å²) in [6.07, 6.45) is 0. The normalized spacial score (nSPS) is 11.3. The van der Waals surface area contributed by atoms with Gasteiger partial charge in [0.25, 0.3) is 0 Å². The molecule has 4 heteroatoms. The summed E-state index contributed by atoms with van der Waals surface area (Å²) in [5.74, 6) is 0. The lowest BCUT2D eigenvalue weighted by atomic mass is 9.94. The predicted octanol–water partition coefficient (Wildman–Crippen LogP) is 8.08. The van der Waals surface area contributed by atoms with E-state index in [9.17, 15) is 0 Å². The van der Waals surface area contributed by atoms with Crippen LogP contribution in [0.5, 0.6) is 0 Å². The highest BCUT2D eigenvalue weighted by atomic mass is 127. The molecule has 0 aliphatic carbocycles. The van der Waals surface area contributed by atoms with Gasteiger partial charge in [-0.15, -0.1) is 0 Å². The van der Waals surface area contributed by atoms with Crippen LogP contribution in [0, 0.1) is 14.3 Å². The highest BCUT2D eigenvalue weighted by Gasteiger charge is 2.11. The molecule has 24 heavy (non-hydrogen) atoms. The van der Waals surface area contributed by atoms with Gasteiger partial charge in [-0.1, -0.05) is 12.1 Å². The molecule has 0 aliphatic rings. The van der Waals surface area contributed by atoms with Crippen molar-refractivity contribution in [2.75, 3.05) is 0 Å². The molecule has 0 unspecified atom stereocenters. The van der Waals surface area contributed by atoms with Gasteiger partial charge in [-0.2, -0.15) is 0 Å². The maximum Gasteiger partial charge on any atom is 0.0142 e. The molecule has 0 saturated heterocycles. The summed E-state index contributed by atoms with van der Waals surface area (Å²) in [5.41, 5.74) is 2.64. The Morgan fingerprint density at radius 1 is 0.417 bits per heavy atom. The molecule has 0 amide bonds. The number of rotatable bonds is 1. The van der Waals surface area contributed by atoms with E-state index in [0.717, 1.165) is 0 Å². The molecule has 0 radical (unpaired) electrons. The largest absolute Gasteiger partial charge is 0.0527 e. The van der Waals surface area contributed by atoms with Gasteiger partial charge in [0, 0.05) is 14.3 Å². The average Bonchev–Trinajstić information content (AvgIpc) is 2.52. The molecule has 0 fully saturated rings. The SMILES string of the molecule is Ic1ccc2c(-c3cc(I)cc4cc(I)ccc34)cc(I)cc2c1. The second kappa shape index (κ2) is 7.15. The Morgan fingerprint density at radius 2 is 0.792 bits per heavy atom. The van der Waals surface area contributed by atoms with Crippen LogP contribution in [0.15, 0.2) is 60.7 Å². The van der Waals surface area contributed by atoms with Crippen molar-refractivity contribution in [3.8, 4) is 11.1 Å². The van der Waals surface area contributed by atoms with E-state index in [1.807, 2.05) is 0 Å². The standard InChI is InChI=1S/C20H10I4/c21-13-1-3-17-11(5-13)7-15(23)9-19(17)20-10-16(24)8-12-6-14(22)2-4-18(12)20/h1-10H. The summed E-state index contributed by atoms with van der Waals surface area (Å²) < 4.78 is 5.09. The Labute approximate surface area is 195 Å². The van der Waals surface area contributed by atoms with Crippen molar-refractivity contribution < 1.29 is 0 Å². The topological polar surface area (TPSA) is 0 Å². The van der Waals surface area contributed by atoms with Crippen LogP contribution >= 0.6 is 90.4 Å². The molecule has 4 aromatic rings. The Balaban J connectivity index is 2.13. The van der Waals surface area contributed by atoms with E-state index in [1.165, 1.54) is 47.0 Å². The van der Waals surface area contributed by atoms with E-state index < -0.39 is 0 Å². The molecular formula is C20H10I4. The van der Waals surface area contributed by atoms with Crippen molar-refractivity contribution in [1.29, 1.82) is 0 Å². The summed E-state index contributed by atoms with van der Waals surface area (Å²) in [5, 5.41) is 5.25. The van der Waals surface area contributed by atoms with E-state index >= 15 is 0 Å². The van der Waals surface area contributed by atoms with E-state index in [1.54, 1.807) is 0 Å². The number of halogens is 4. The van der Waals surface area contributed by atoms with Crippen LogP contribution in [0.1, 0.15) is 0 Å². The van der Waals surface area contributed by atoms with Crippen molar-refractivity contribution in [2.24, 2.45) is 0 Å². The molecule has 0 N–H and O–H groups in total. The molecule has 0 atom stereocenters. The van der Waals surface area contributed by atoms with Gasteiger partial charge in [0.15, 0.2) is 0 Å². The maximum absolute atomic E-state index is 2.42. The lowest BCUT2D eigenvalue weighted by molar-refractivity contribution is 1.62. The zero-order chi connectivity index (χ0) is 16.8. The van der Waals surface area contributed by atoms with Gasteiger partial charge < -0.3 is 0 Å². The van der Waals surface area contributed by atoms with Crippen LogP contribution in [0.2, 0.25) is 0 Å². The third kappa shape index (κ3) is 3.44. The van der Waals surface area contributed by atoms with Crippen LogP contribution < -0.4 is 0 Å². The zero-order valence-electron chi connectivity index (χ0n) is 12.3. The highest BCUT2D eigenvalue weighted by Crippen LogP contribution is 2.37. The molecule has 0 spiro atoms. The molecule has 4 aromatic carbocycles. The average molecular weight is 758 g/mol. The van der Waals surface area contributed by atoms with Crippen LogP contribution in [0.3, 0.4) is 0 Å². The first kappa shape index (κ1) is 17.7. The van der Waals surface area contributed by atoms with Crippen LogP contribution in [-0.4, -0.2) is 0 Å². The summed E-state index contributed by atoms with van der Waals surface area (Å²) in [6.45, 7) is 0. The lowest BCUT2D eigenvalue weighted by Crippen LogP contribution is -1.89. The van der Waals surface area contributed by atoms with Crippen molar-refractivity contribution >= 4 is 112 Å². The fourth-order valence-electron chi connectivity index (χ4n) is 3.05. The Bertz CT molecular complexity index is 1000. The Kier molecular flexibility index (Phi) is 5.28. The molecule has 0 heterocycles. The first-order chi connectivity index (χ1) is 11.5. The van der Waals surface area contributed by atoms with E-state index in [4.69, 9.17) is 0 Å². The van der Waals surface area contributed by atoms with Gasteiger partial charge in [0.05, 0.1) is 0 Å². The summed E-state index contributed by atoms with van der Waals surface area (Å²) in [6, 6.07) is 22.6. The van der Waals surface area contributed by atoms with E-state index in [-0.39, 0.29) is 0 Å². The first-order valence-electron chi connectivity index (χ1n) is 7.29. The molecule has 0 bridgehead atoms. The third-order valence-electron chi connectivity index (χ3n) is 4.05. The monoisotopic (exact) mass is 758 g/mol. The molecule has 118 valence electrons.